The molecule has 0 unspecified atom stereocenters. The van der Waals surface area contributed by atoms with Crippen molar-refractivity contribution in [3.8, 4) is 5.75 Å². The summed E-state index contributed by atoms with van der Waals surface area (Å²) < 4.78 is 0. The molecule has 1 aromatic rings. The third-order valence-corrected chi connectivity index (χ3v) is 2.00. The number of aromatic hydroxyl groups is 1. The zero-order valence-electron chi connectivity index (χ0n) is 6.47. The molecule has 0 aliphatic heterocycles. The molecular formula is C9H11BrO. The van der Waals surface area contributed by atoms with E-state index in [-0.39, 0.29) is 0 Å². The van der Waals surface area contributed by atoms with Crippen LogP contribution in [0.1, 0.15) is 11.1 Å². The monoisotopic (exact) mass is 214 g/mol. The minimum atomic E-state index is 0.407. The number of phenolic OH excluding ortho intramolecular Hbond substituents is 1. The zero-order chi connectivity index (χ0) is 8.27. The average Bonchev–Trinajstić information content (AvgIpc) is 1.95. The van der Waals surface area contributed by atoms with Gasteiger partial charge < -0.3 is 5.11 Å². The molecule has 1 rings (SSSR count). The predicted octanol–water partition coefficient (Wildman–Crippen LogP) is 2.64. The Kier molecular flexibility index (Phi) is 2.94. The lowest BCUT2D eigenvalue weighted by molar-refractivity contribution is 0.468. The number of phenols is 1. The van der Waals surface area contributed by atoms with Gasteiger partial charge in [-0.15, -0.1) is 0 Å². The summed E-state index contributed by atoms with van der Waals surface area (Å²) in [5, 5.41) is 10.3. The minimum absolute atomic E-state index is 0.407. The van der Waals surface area contributed by atoms with Crippen LogP contribution in [0.5, 0.6) is 5.75 Å². The summed E-state index contributed by atoms with van der Waals surface area (Å²) in [7, 11) is 0. The Morgan fingerprint density at radius 3 is 2.73 bits per heavy atom. The molecule has 1 aromatic carbocycles. The summed E-state index contributed by atoms with van der Waals surface area (Å²) in [6.07, 6.45) is 0.881. The normalized spacial score (nSPS) is 10.0. The Bertz CT molecular complexity index is 245. The van der Waals surface area contributed by atoms with Crippen molar-refractivity contribution in [3.05, 3.63) is 29.3 Å². The second kappa shape index (κ2) is 3.77. The van der Waals surface area contributed by atoms with Crippen molar-refractivity contribution >= 4 is 15.9 Å². The topological polar surface area (TPSA) is 20.2 Å². The van der Waals surface area contributed by atoms with Crippen LogP contribution in [0.25, 0.3) is 0 Å². The fraction of sp³-hybridized carbons (Fsp3) is 0.333. The Balaban J connectivity index is 2.90. The molecule has 0 aliphatic carbocycles. The van der Waals surface area contributed by atoms with E-state index in [1.807, 2.05) is 19.1 Å². The molecule has 0 saturated heterocycles. The largest absolute Gasteiger partial charge is 0.508 e. The molecule has 0 aliphatic rings. The zero-order valence-corrected chi connectivity index (χ0v) is 8.06. The molecule has 0 spiro atoms. The van der Waals surface area contributed by atoms with E-state index in [1.54, 1.807) is 6.07 Å². The first-order valence-electron chi connectivity index (χ1n) is 3.58. The maximum Gasteiger partial charge on any atom is 0.119 e. The van der Waals surface area contributed by atoms with Gasteiger partial charge in [0.05, 0.1) is 0 Å². The van der Waals surface area contributed by atoms with Crippen molar-refractivity contribution < 1.29 is 5.11 Å². The van der Waals surface area contributed by atoms with E-state index < -0.39 is 0 Å². The van der Waals surface area contributed by atoms with Gasteiger partial charge in [-0.1, -0.05) is 28.1 Å². The van der Waals surface area contributed by atoms with Gasteiger partial charge in [-0.3, -0.25) is 0 Å². The molecule has 2 heteroatoms. The minimum Gasteiger partial charge on any atom is -0.508 e. The maximum absolute atomic E-state index is 9.40. The molecule has 1 nitrogen and oxygen atoms in total. The van der Waals surface area contributed by atoms with Crippen LogP contribution in [-0.2, 0) is 6.42 Å². The van der Waals surface area contributed by atoms with Gasteiger partial charge in [0.25, 0.3) is 0 Å². The van der Waals surface area contributed by atoms with Gasteiger partial charge in [-0.25, -0.2) is 0 Å². The molecule has 0 atom stereocenters. The van der Waals surface area contributed by atoms with Crippen LogP contribution in [0.15, 0.2) is 18.2 Å². The molecule has 0 heterocycles. The molecule has 0 bridgehead atoms. The van der Waals surface area contributed by atoms with E-state index in [9.17, 15) is 5.11 Å². The fourth-order valence-electron chi connectivity index (χ4n) is 0.987. The van der Waals surface area contributed by atoms with Crippen molar-refractivity contribution in [2.45, 2.75) is 13.3 Å². The Morgan fingerprint density at radius 2 is 2.18 bits per heavy atom. The Labute approximate surface area is 75.2 Å². The molecule has 0 saturated carbocycles. The van der Waals surface area contributed by atoms with Gasteiger partial charge in [-0.05, 0) is 30.5 Å². The van der Waals surface area contributed by atoms with Gasteiger partial charge in [0.2, 0.25) is 0 Å². The van der Waals surface area contributed by atoms with E-state index in [0.717, 1.165) is 22.9 Å². The standard InChI is InChI=1S/C9H11BrO/c1-7-2-3-8(4-5-10)9(11)6-7/h2-3,6,11H,4-5H2,1H3. The summed E-state index contributed by atoms with van der Waals surface area (Å²) in [5.41, 5.74) is 2.10. The lowest BCUT2D eigenvalue weighted by atomic mass is 10.1. The second-order valence-electron chi connectivity index (χ2n) is 2.57. The summed E-state index contributed by atoms with van der Waals surface area (Å²) in [5.74, 6) is 0.407. The highest BCUT2D eigenvalue weighted by Crippen LogP contribution is 2.19. The van der Waals surface area contributed by atoms with Gasteiger partial charge in [0.15, 0.2) is 0 Å². The molecule has 1 N–H and O–H groups in total. The van der Waals surface area contributed by atoms with E-state index in [2.05, 4.69) is 15.9 Å². The van der Waals surface area contributed by atoms with Crippen molar-refractivity contribution in [1.29, 1.82) is 0 Å². The quantitative estimate of drug-likeness (QED) is 0.752. The number of hydrogen-bond acceptors (Lipinski definition) is 1. The van der Waals surface area contributed by atoms with Crippen LogP contribution in [0.2, 0.25) is 0 Å². The van der Waals surface area contributed by atoms with Crippen molar-refractivity contribution in [3.63, 3.8) is 0 Å². The highest BCUT2D eigenvalue weighted by atomic mass is 79.9. The van der Waals surface area contributed by atoms with Crippen LogP contribution in [0, 0.1) is 6.92 Å². The van der Waals surface area contributed by atoms with Gasteiger partial charge >= 0.3 is 0 Å². The molecule has 11 heavy (non-hydrogen) atoms. The van der Waals surface area contributed by atoms with Crippen LogP contribution < -0.4 is 0 Å². The van der Waals surface area contributed by atoms with Crippen LogP contribution in [-0.4, -0.2) is 10.4 Å². The third kappa shape index (κ3) is 2.22. The van der Waals surface area contributed by atoms with Crippen molar-refractivity contribution in [2.24, 2.45) is 0 Å². The van der Waals surface area contributed by atoms with Crippen molar-refractivity contribution in [2.75, 3.05) is 5.33 Å². The first-order chi connectivity index (χ1) is 5.24. The van der Waals surface area contributed by atoms with Crippen LogP contribution in [0.3, 0.4) is 0 Å². The number of halogens is 1. The molecule has 0 aromatic heterocycles. The first-order valence-corrected chi connectivity index (χ1v) is 4.70. The number of hydrogen-bond donors (Lipinski definition) is 1. The maximum atomic E-state index is 9.40. The predicted molar refractivity (Wildman–Crippen MR) is 50.3 cm³/mol. The van der Waals surface area contributed by atoms with Crippen LogP contribution in [0.4, 0.5) is 0 Å². The Hall–Kier alpha value is -0.500. The summed E-state index contributed by atoms with van der Waals surface area (Å²) in [6, 6.07) is 5.77. The SMILES string of the molecule is Cc1ccc(CCBr)c(O)c1. The molecule has 60 valence electrons. The average molecular weight is 215 g/mol. The second-order valence-corrected chi connectivity index (χ2v) is 3.36. The van der Waals surface area contributed by atoms with Gasteiger partial charge in [0.1, 0.15) is 5.75 Å². The van der Waals surface area contributed by atoms with E-state index >= 15 is 0 Å². The summed E-state index contributed by atoms with van der Waals surface area (Å²) in [4.78, 5) is 0. The molecule has 0 fully saturated rings. The highest BCUT2D eigenvalue weighted by Gasteiger charge is 1.98. The summed E-state index contributed by atoms with van der Waals surface area (Å²) >= 11 is 3.33. The van der Waals surface area contributed by atoms with Gasteiger partial charge in [0, 0.05) is 5.33 Å². The number of benzene rings is 1. The molecule has 0 amide bonds. The molecule has 0 radical (unpaired) electrons. The molecular weight excluding hydrogens is 204 g/mol. The van der Waals surface area contributed by atoms with Gasteiger partial charge in [-0.2, -0.15) is 0 Å². The third-order valence-electron chi connectivity index (χ3n) is 1.60. The van der Waals surface area contributed by atoms with E-state index in [0.29, 0.717) is 5.75 Å². The number of aryl methyl sites for hydroxylation is 2. The smallest absolute Gasteiger partial charge is 0.119 e. The fourth-order valence-corrected chi connectivity index (χ4v) is 1.41. The van der Waals surface area contributed by atoms with E-state index in [4.69, 9.17) is 0 Å². The first kappa shape index (κ1) is 8.60. The van der Waals surface area contributed by atoms with E-state index in [1.165, 1.54) is 0 Å². The summed E-state index contributed by atoms with van der Waals surface area (Å²) in [6.45, 7) is 1.97. The number of rotatable bonds is 2. The van der Waals surface area contributed by atoms with Crippen molar-refractivity contribution in [1.82, 2.24) is 0 Å². The lowest BCUT2D eigenvalue weighted by Crippen LogP contribution is -1.86. The highest BCUT2D eigenvalue weighted by molar-refractivity contribution is 9.09. The lowest BCUT2D eigenvalue weighted by Gasteiger charge is -2.02. The number of alkyl halides is 1. The Morgan fingerprint density at radius 1 is 1.45 bits per heavy atom. The van der Waals surface area contributed by atoms with Crippen LogP contribution >= 0.6 is 15.9 Å².